The fraction of sp³-hybridized carbons (Fsp3) is 0.310. The molecule has 0 bridgehead atoms. The number of halogens is 2. The van der Waals surface area contributed by atoms with Gasteiger partial charge in [0, 0.05) is 34.1 Å². The van der Waals surface area contributed by atoms with Crippen molar-refractivity contribution in [3.8, 4) is 22.5 Å². The van der Waals surface area contributed by atoms with E-state index in [1.807, 2.05) is 68.2 Å². The second kappa shape index (κ2) is 19.5. The molecule has 0 aliphatic rings. The van der Waals surface area contributed by atoms with E-state index in [9.17, 15) is 5.21 Å². The Morgan fingerprint density at radius 2 is 1.33 bits per heavy atom. The van der Waals surface area contributed by atoms with Crippen molar-refractivity contribution in [2.75, 3.05) is 19.6 Å². The van der Waals surface area contributed by atoms with Gasteiger partial charge in [-0.15, -0.1) is 10.1 Å². The van der Waals surface area contributed by atoms with Crippen LogP contribution in [0.1, 0.15) is 20.8 Å². The number of benzene rings is 2. The molecule has 0 radical (unpaired) electrons. The molecule has 10 nitrogen and oxygen atoms in total. The van der Waals surface area contributed by atoms with E-state index in [4.69, 9.17) is 13.1 Å². The molecule has 0 saturated heterocycles. The van der Waals surface area contributed by atoms with Crippen LogP contribution in [0.3, 0.4) is 0 Å². The van der Waals surface area contributed by atoms with Crippen LogP contribution in [0.5, 0.6) is 0 Å². The van der Waals surface area contributed by atoms with Crippen LogP contribution in [-0.2, 0) is 0 Å². The first kappa shape index (κ1) is 36.4. The topological polar surface area (TPSA) is 103 Å². The zero-order chi connectivity index (χ0) is 31.5. The summed E-state index contributed by atoms with van der Waals surface area (Å²) in [5, 5.41) is 25.9. The van der Waals surface area contributed by atoms with E-state index in [0.717, 1.165) is 26.4 Å². The smallest absolute Gasteiger partial charge is 0.433 e. The third kappa shape index (κ3) is 14.3. The van der Waals surface area contributed by atoms with Crippen molar-refractivity contribution in [2.24, 2.45) is 0 Å². The van der Waals surface area contributed by atoms with E-state index in [2.05, 4.69) is 92.3 Å². The number of hydrogen-bond donors (Lipinski definition) is 0. The number of hydrogen-bond acceptors (Lipinski definition) is 7. The lowest BCUT2D eigenvalue weighted by Crippen LogP contribution is -2.26. The van der Waals surface area contributed by atoms with Gasteiger partial charge in [-0.05, 0) is 54.6 Å². The van der Waals surface area contributed by atoms with Gasteiger partial charge in [0.05, 0.1) is 5.10 Å². The highest BCUT2D eigenvalue weighted by Crippen LogP contribution is 2.26. The molecule has 2 heterocycles. The Labute approximate surface area is 266 Å². The minimum Gasteiger partial charge on any atom is -0.711 e. The lowest BCUT2D eigenvalue weighted by molar-refractivity contribution is -0.609. The Bertz CT molecular complexity index is 1430. The molecule has 4 rings (SSSR count). The van der Waals surface area contributed by atoms with Crippen molar-refractivity contribution in [1.82, 2.24) is 30.3 Å². The maximum Gasteiger partial charge on any atom is 0.433 e. The second-order valence-corrected chi connectivity index (χ2v) is 15.8. The second-order valence-electron chi connectivity index (χ2n) is 9.37. The van der Waals surface area contributed by atoms with Crippen LogP contribution in [0, 0.1) is 18.4 Å². The molecule has 0 aliphatic heterocycles. The predicted molar refractivity (Wildman–Crippen MR) is 177 cm³/mol. The van der Waals surface area contributed by atoms with Gasteiger partial charge in [0.2, 0.25) is 6.33 Å². The summed E-state index contributed by atoms with van der Waals surface area (Å²) < 4.78 is 6.00. The minimum atomic E-state index is -1.34. The number of rotatable bonds is 5. The van der Waals surface area contributed by atoms with Gasteiger partial charge in [-0.1, -0.05) is 83.5 Å². The summed E-state index contributed by atoms with van der Waals surface area (Å²) in [6, 6.07) is 15.0. The maximum atomic E-state index is 10.9. The third-order valence-corrected chi connectivity index (χ3v) is 6.95. The molecular formula is C29H35Br2N9OSi. The van der Waals surface area contributed by atoms with Crippen molar-refractivity contribution in [2.45, 2.75) is 40.4 Å². The first-order valence-electron chi connectivity index (χ1n) is 13.1. The third-order valence-electron chi connectivity index (χ3n) is 5.22. The molecule has 0 fully saturated rings. The Balaban J connectivity index is 0.000000302. The average molecular weight is 714 g/mol. The zero-order valence-electron chi connectivity index (χ0n) is 24.7. The Hall–Kier alpha value is -3.62. The lowest BCUT2D eigenvalue weighted by atomic mass is 10.1. The molecule has 0 unspecified atom stereocenters. The van der Waals surface area contributed by atoms with Crippen molar-refractivity contribution in [1.29, 1.82) is 0 Å². The van der Waals surface area contributed by atoms with Crippen LogP contribution in [0.15, 0.2) is 76.3 Å². The molecule has 0 aliphatic carbocycles. The minimum absolute atomic E-state index is 0.271. The zero-order valence-corrected chi connectivity index (χ0v) is 28.8. The van der Waals surface area contributed by atoms with Crippen molar-refractivity contribution < 1.29 is 4.73 Å². The van der Waals surface area contributed by atoms with Gasteiger partial charge < -0.3 is 19.5 Å². The van der Waals surface area contributed by atoms with Crippen LogP contribution in [-0.4, -0.2) is 58.1 Å². The van der Waals surface area contributed by atoms with Gasteiger partial charge in [-0.3, -0.25) is 6.57 Å². The SMILES string of the molecule is CCN(CC)CC.[C-]#[N+][Si](C)(C)C.[C-]#[N+]c1ncnnc1-c1ccc(Br)cc1.[O-][n+]1cnnc(-c2ccc(Br)cc2)c1. The van der Waals surface area contributed by atoms with E-state index in [-0.39, 0.29) is 5.82 Å². The summed E-state index contributed by atoms with van der Waals surface area (Å²) in [7, 11) is -1.34. The van der Waals surface area contributed by atoms with Crippen molar-refractivity contribution in [3.05, 3.63) is 104 Å². The van der Waals surface area contributed by atoms with Crippen LogP contribution >= 0.6 is 31.9 Å². The average Bonchev–Trinajstić information content (AvgIpc) is 2.99. The van der Waals surface area contributed by atoms with E-state index in [1.54, 1.807) is 0 Å². The summed E-state index contributed by atoms with van der Waals surface area (Å²) in [6.07, 6.45) is 3.77. The molecule has 0 N–H and O–H groups in total. The fourth-order valence-corrected chi connectivity index (χ4v) is 3.42. The molecule has 4 aromatic rings. The summed E-state index contributed by atoms with van der Waals surface area (Å²) in [5.74, 6) is 0.271. The Morgan fingerprint density at radius 1 is 0.833 bits per heavy atom. The van der Waals surface area contributed by atoms with Crippen molar-refractivity contribution >= 4 is 45.9 Å². The largest absolute Gasteiger partial charge is 0.711 e. The molecule has 42 heavy (non-hydrogen) atoms. The standard InChI is InChI=1S/C10H5BrN4.C9H6BrN3O.C6H15N.C4H9NSi/c1-12-10-9(15-14-6-13-10)7-2-4-8(11)5-3-7;10-8-3-1-7(2-4-8)9-5-13(14)6-11-12-9;1-4-7(5-2)6-3;1-5-6(2,3)4/h2-6H;1-6H;4-6H2,1-3H3;2-4H3. The van der Waals surface area contributed by atoms with E-state index < -0.39 is 8.24 Å². The summed E-state index contributed by atoms with van der Waals surface area (Å²) in [6.45, 7) is 29.7. The van der Waals surface area contributed by atoms with Crippen molar-refractivity contribution in [3.63, 3.8) is 0 Å². The van der Waals surface area contributed by atoms with E-state index >= 15 is 0 Å². The van der Waals surface area contributed by atoms with Gasteiger partial charge in [0.1, 0.15) is 11.9 Å². The molecular weight excluding hydrogens is 678 g/mol. The predicted octanol–water partition coefficient (Wildman–Crippen LogP) is 7.48. The summed E-state index contributed by atoms with van der Waals surface area (Å²) in [4.78, 5) is 9.53. The first-order valence-corrected chi connectivity index (χ1v) is 18.1. The highest BCUT2D eigenvalue weighted by molar-refractivity contribution is 9.10. The molecule has 0 amide bonds. The summed E-state index contributed by atoms with van der Waals surface area (Å²) >= 11 is 6.67. The van der Waals surface area contributed by atoms with Crippen LogP contribution in [0.2, 0.25) is 19.6 Å². The fourth-order valence-electron chi connectivity index (χ4n) is 2.89. The normalized spacial score (nSPS) is 9.98. The van der Waals surface area contributed by atoms with Gasteiger partial charge in [-0.25, -0.2) is 4.73 Å². The van der Waals surface area contributed by atoms with Crippen LogP contribution in [0.4, 0.5) is 5.82 Å². The first-order chi connectivity index (χ1) is 20.0. The summed E-state index contributed by atoms with van der Waals surface area (Å²) in [5.41, 5.74) is 2.78. The molecule has 0 spiro atoms. The monoisotopic (exact) mass is 711 g/mol. The number of nitrogens with zero attached hydrogens (tertiary/aromatic N) is 9. The highest BCUT2D eigenvalue weighted by atomic mass is 79.9. The maximum absolute atomic E-state index is 10.9. The number of aromatic nitrogens is 6. The Morgan fingerprint density at radius 3 is 1.74 bits per heavy atom. The molecule has 0 saturated carbocycles. The lowest BCUT2D eigenvalue weighted by Gasteiger charge is -2.13. The van der Waals surface area contributed by atoms with Gasteiger partial charge in [-0.2, -0.15) is 5.10 Å². The molecule has 2 aromatic heterocycles. The quantitative estimate of drug-likeness (QED) is 0.0915. The van der Waals surface area contributed by atoms with Crippen LogP contribution in [0.25, 0.3) is 31.9 Å². The highest BCUT2D eigenvalue weighted by Gasteiger charge is 2.20. The van der Waals surface area contributed by atoms with Gasteiger partial charge in [0.25, 0.3) is 5.82 Å². The molecule has 0 atom stereocenters. The molecule has 2 aromatic carbocycles. The van der Waals surface area contributed by atoms with E-state index in [0.29, 0.717) is 16.1 Å². The van der Waals surface area contributed by atoms with Gasteiger partial charge >= 0.3 is 14.6 Å². The molecule has 220 valence electrons. The Kier molecular flexibility index (Phi) is 16.9. The van der Waals surface area contributed by atoms with E-state index in [1.165, 1.54) is 32.2 Å². The van der Waals surface area contributed by atoms with Crippen LogP contribution < -0.4 is 4.73 Å². The molecule has 13 heteroatoms. The van der Waals surface area contributed by atoms with Gasteiger partial charge in [0.15, 0.2) is 5.69 Å².